The van der Waals surface area contributed by atoms with Crippen LogP contribution < -0.4 is 0 Å². The molecule has 1 aliphatic heterocycles. The number of nitrogens with zero attached hydrogens (tertiary/aromatic N) is 3. The first-order valence-electron chi connectivity index (χ1n) is 11.2. The number of aliphatic imine (C=N–C) groups is 2. The van der Waals surface area contributed by atoms with Gasteiger partial charge in [-0.1, -0.05) is 62.4 Å². The number of likely N-dealkylation sites (N-methyl/N-ethyl adjacent to an activating group) is 1. The Balaban J connectivity index is 1.61. The van der Waals surface area contributed by atoms with Gasteiger partial charge in [0.05, 0.1) is 0 Å². The lowest BCUT2D eigenvalue weighted by Gasteiger charge is -2.36. The van der Waals surface area contributed by atoms with Crippen molar-refractivity contribution < 1.29 is 0 Å². The van der Waals surface area contributed by atoms with Crippen molar-refractivity contribution >= 4 is 18.3 Å². The smallest absolute Gasteiger partial charge is 0.146 e. The average molecular weight is 400 g/mol. The Morgan fingerprint density at radius 2 is 1.97 bits per heavy atom. The summed E-state index contributed by atoms with van der Waals surface area (Å²) in [5.41, 5.74) is 6.89. The lowest BCUT2D eigenvalue weighted by molar-refractivity contribution is 0.371. The van der Waals surface area contributed by atoms with Crippen molar-refractivity contribution in [3.63, 3.8) is 0 Å². The standard InChI is InChI=1S/C27H33N3/c1-5-9-21-14-15-24(17-25(21)19(2)3)27-29-18-28-26(30(27)4)23-13-8-12-20-10-6-7-11-22(20)16-23/h5-7,9-11,14-16,18-19,25,27H,8,12-13,17H2,1-4H3/b9-5-. The number of aryl methyl sites for hydroxylation is 1. The number of allylic oxidation sites excluding steroid dienone is 5. The van der Waals surface area contributed by atoms with Gasteiger partial charge >= 0.3 is 0 Å². The van der Waals surface area contributed by atoms with Crippen molar-refractivity contribution in [2.75, 3.05) is 7.05 Å². The zero-order valence-electron chi connectivity index (χ0n) is 18.7. The van der Waals surface area contributed by atoms with Crippen molar-refractivity contribution in [1.29, 1.82) is 0 Å². The minimum Gasteiger partial charge on any atom is -0.334 e. The Morgan fingerprint density at radius 1 is 1.13 bits per heavy atom. The highest BCUT2D eigenvalue weighted by molar-refractivity contribution is 6.06. The van der Waals surface area contributed by atoms with Crippen LogP contribution in [0.25, 0.3) is 6.08 Å². The number of hydrogen-bond donors (Lipinski definition) is 0. The molecule has 2 aliphatic carbocycles. The molecule has 1 heterocycles. The molecule has 0 radical (unpaired) electrons. The molecule has 0 amide bonds. The number of rotatable bonds is 4. The van der Waals surface area contributed by atoms with Crippen LogP contribution >= 0.6 is 0 Å². The Labute approximate surface area is 181 Å². The largest absolute Gasteiger partial charge is 0.334 e. The van der Waals surface area contributed by atoms with Crippen LogP contribution in [-0.4, -0.2) is 30.3 Å². The Kier molecular flexibility index (Phi) is 6.17. The van der Waals surface area contributed by atoms with Gasteiger partial charge in [0.2, 0.25) is 0 Å². The van der Waals surface area contributed by atoms with E-state index in [2.05, 4.69) is 87.4 Å². The summed E-state index contributed by atoms with van der Waals surface area (Å²) in [4.78, 5) is 11.8. The molecular formula is C27H33N3. The normalized spacial score (nSPS) is 24.2. The molecule has 3 nitrogen and oxygen atoms in total. The molecule has 1 aromatic rings. The summed E-state index contributed by atoms with van der Waals surface area (Å²) in [5, 5.41) is 0. The minimum absolute atomic E-state index is 0.0292. The van der Waals surface area contributed by atoms with E-state index in [0.717, 1.165) is 31.5 Å². The molecule has 0 N–H and O–H groups in total. The molecule has 156 valence electrons. The fourth-order valence-corrected chi connectivity index (χ4v) is 4.87. The minimum atomic E-state index is 0.0292. The predicted octanol–water partition coefficient (Wildman–Crippen LogP) is 6.21. The van der Waals surface area contributed by atoms with Gasteiger partial charge in [0.1, 0.15) is 18.3 Å². The molecule has 30 heavy (non-hydrogen) atoms. The van der Waals surface area contributed by atoms with E-state index in [1.54, 1.807) is 6.34 Å². The third kappa shape index (κ3) is 4.12. The Bertz CT molecular complexity index is 972. The van der Waals surface area contributed by atoms with Gasteiger partial charge in [-0.3, -0.25) is 0 Å². The SMILES string of the molecule is C/C=C\C1=CC=C(C2N=CN=C(C3=Cc4ccccc4CCC3)N2C)CC1C(C)C. The van der Waals surface area contributed by atoms with Crippen LogP contribution in [0.3, 0.4) is 0 Å². The van der Waals surface area contributed by atoms with E-state index in [1.165, 1.54) is 27.8 Å². The van der Waals surface area contributed by atoms with Crippen molar-refractivity contribution in [2.24, 2.45) is 21.8 Å². The average Bonchev–Trinajstić information content (AvgIpc) is 2.97. The van der Waals surface area contributed by atoms with E-state index in [-0.39, 0.29) is 6.17 Å². The van der Waals surface area contributed by atoms with E-state index >= 15 is 0 Å². The molecule has 1 aromatic carbocycles. The molecule has 0 spiro atoms. The van der Waals surface area contributed by atoms with E-state index in [9.17, 15) is 0 Å². The van der Waals surface area contributed by atoms with Crippen LogP contribution in [-0.2, 0) is 6.42 Å². The van der Waals surface area contributed by atoms with Crippen molar-refractivity contribution in [1.82, 2.24) is 4.90 Å². The van der Waals surface area contributed by atoms with Crippen LogP contribution in [0.1, 0.15) is 51.2 Å². The van der Waals surface area contributed by atoms with Gasteiger partial charge < -0.3 is 4.90 Å². The number of amidine groups is 1. The first-order chi connectivity index (χ1) is 14.6. The lowest BCUT2D eigenvalue weighted by atomic mass is 9.78. The quantitative estimate of drug-likeness (QED) is 0.591. The highest BCUT2D eigenvalue weighted by Gasteiger charge is 2.30. The molecule has 2 atom stereocenters. The molecule has 0 fully saturated rings. The van der Waals surface area contributed by atoms with E-state index in [4.69, 9.17) is 9.98 Å². The van der Waals surface area contributed by atoms with Crippen molar-refractivity contribution in [2.45, 2.75) is 52.6 Å². The lowest BCUT2D eigenvalue weighted by Crippen LogP contribution is -2.41. The third-order valence-electron chi connectivity index (χ3n) is 6.52. The summed E-state index contributed by atoms with van der Waals surface area (Å²) in [6.45, 7) is 6.73. The number of hydrogen-bond acceptors (Lipinski definition) is 3. The van der Waals surface area contributed by atoms with Gasteiger partial charge in [0, 0.05) is 7.05 Å². The summed E-state index contributed by atoms with van der Waals surface area (Å²) < 4.78 is 0. The molecule has 3 heteroatoms. The number of benzene rings is 1. The van der Waals surface area contributed by atoms with Crippen LogP contribution in [0.2, 0.25) is 0 Å². The van der Waals surface area contributed by atoms with Crippen LogP contribution in [0.5, 0.6) is 0 Å². The third-order valence-corrected chi connectivity index (χ3v) is 6.52. The van der Waals surface area contributed by atoms with Gasteiger partial charge in [-0.2, -0.15) is 0 Å². The molecule has 0 aromatic heterocycles. The first-order valence-corrected chi connectivity index (χ1v) is 11.2. The summed E-state index contributed by atoms with van der Waals surface area (Å²) in [6, 6.07) is 8.74. The van der Waals surface area contributed by atoms with Gasteiger partial charge in [-0.15, -0.1) is 0 Å². The fourth-order valence-electron chi connectivity index (χ4n) is 4.87. The molecule has 3 aliphatic rings. The van der Waals surface area contributed by atoms with Crippen molar-refractivity contribution in [3.8, 4) is 0 Å². The second-order valence-electron chi connectivity index (χ2n) is 8.89. The first kappa shape index (κ1) is 20.6. The van der Waals surface area contributed by atoms with E-state index < -0.39 is 0 Å². The van der Waals surface area contributed by atoms with E-state index in [1.807, 2.05) is 0 Å². The fraction of sp³-hybridized carbons (Fsp3) is 0.407. The molecular weight excluding hydrogens is 366 g/mol. The second kappa shape index (κ2) is 8.99. The van der Waals surface area contributed by atoms with Crippen LogP contribution in [0.15, 0.2) is 75.3 Å². The maximum absolute atomic E-state index is 4.78. The maximum Gasteiger partial charge on any atom is 0.146 e. The Hall–Kier alpha value is -2.68. The molecule has 0 bridgehead atoms. The number of fused-ring (bicyclic) bond motifs is 1. The monoisotopic (exact) mass is 399 g/mol. The molecule has 2 unspecified atom stereocenters. The maximum atomic E-state index is 4.78. The zero-order chi connectivity index (χ0) is 21.1. The summed E-state index contributed by atoms with van der Waals surface area (Å²) in [5.74, 6) is 2.20. The van der Waals surface area contributed by atoms with E-state index in [0.29, 0.717) is 11.8 Å². The van der Waals surface area contributed by atoms with Gasteiger partial charge in [0.25, 0.3) is 0 Å². The van der Waals surface area contributed by atoms with Crippen LogP contribution in [0.4, 0.5) is 0 Å². The molecule has 4 rings (SSSR count). The second-order valence-corrected chi connectivity index (χ2v) is 8.89. The molecule has 0 saturated carbocycles. The highest BCUT2D eigenvalue weighted by Crippen LogP contribution is 2.36. The predicted molar refractivity (Wildman–Crippen MR) is 129 cm³/mol. The van der Waals surface area contributed by atoms with Crippen LogP contribution in [0, 0.1) is 11.8 Å². The Morgan fingerprint density at radius 3 is 2.77 bits per heavy atom. The summed E-state index contributed by atoms with van der Waals surface area (Å²) in [7, 11) is 2.15. The van der Waals surface area contributed by atoms with Gasteiger partial charge in [-0.25, -0.2) is 9.98 Å². The zero-order valence-corrected chi connectivity index (χ0v) is 18.7. The van der Waals surface area contributed by atoms with Crippen molar-refractivity contribution in [3.05, 3.63) is 76.4 Å². The van der Waals surface area contributed by atoms with Gasteiger partial charge in [-0.05, 0) is 78.4 Å². The molecule has 0 saturated heterocycles. The highest BCUT2D eigenvalue weighted by atomic mass is 15.3. The topological polar surface area (TPSA) is 28.0 Å². The van der Waals surface area contributed by atoms with Gasteiger partial charge in [0.15, 0.2) is 0 Å². The summed E-state index contributed by atoms with van der Waals surface area (Å²) in [6.07, 6.45) is 17.5. The summed E-state index contributed by atoms with van der Waals surface area (Å²) >= 11 is 0.